The molecule has 0 spiro atoms. The summed E-state index contributed by atoms with van der Waals surface area (Å²) in [5, 5.41) is 22.9. The average molecular weight is 443 g/mol. The second-order valence-electron chi connectivity index (χ2n) is 15.3. The van der Waals surface area contributed by atoms with Crippen molar-refractivity contribution >= 4 is 0 Å². The van der Waals surface area contributed by atoms with Crippen molar-refractivity contribution in [3.05, 3.63) is 11.6 Å². The van der Waals surface area contributed by atoms with Gasteiger partial charge in [0.05, 0.1) is 12.2 Å². The topological polar surface area (TPSA) is 40.5 Å². The van der Waals surface area contributed by atoms with Gasteiger partial charge in [0, 0.05) is 0 Å². The Balaban J connectivity index is 1.60. The van der Waals surface area contributed by atoms with Crippen molar-refractivity contribution in [1.82, 2.24) is 0 Å². The number of hydrogen-bond acceptors (Lipinski definition) is 2. The smallest absolute Gasteiger partial charge is 0.0594 e. The zero-order chi connectivity index (χ0) is 23.5. The molecule has 0 bridgehead atoms. The first-order valence-electron chi connectivity index (χ1n) is 13.7. The lowest BCUT2D eigenvalue weighted by atomic mass is 9.32. The van der Waals surface area contributed by atoms with E-state index >= 15 is 0 Å². The van der Waals surface area contributed by atoms with Crippen molar-refractivity contribution in [2.45, 2.75) is 125 Å². The second kappa shape index (κ2) is 6.66. The molecule has 0 amide bonds. The maximum atomic E-state index is 12.0. The van der Waals surface area contributed by atoms with E-state index in [0.29, 0.717) is 23.2 Å². The lowest BCUT2D eigenvalue weighted by Crippen LogP contribution is -2.69. The third-order valence-corrected chi connectivity index (χ3v) is 12.9. The van der Waals surface area contributed by atoms with Crippen LogP contribution in [0.5, 0.6) is 0 Å². The van der Waals surface area contributed by atoms with E-state index in [4.69, 9.17) is 0 Å². The minimum Gasteiger partial charge on any atom is -0.393 e. The first-order valence-corrected chi connectivity index (χ1v) is 13.7. The number of hydrogen-bond donors (Lipinski definition) is 2. The minimum atomic E-state index is -0.231. The van der Waals surface area contributed by atoms with E-state index in [1.807, 2.05) is 0 Å². The zero-order valence-corrected chi connectivity index (χ0v) is 22.2. The van der Waals surface area contributed by atoms with E-state index in [1.54, 1.807) is 5.57 Å². The van der Waals surface area contributed by atoms with Gasteiger partial charge in [-0.3, -0.25) is 0 Å². The van der Waals surface area contributed by atoms with E-state index in [-0.39, 0.29) is 39.3 Å². The predicted molar refractivity (Wildman–Crippen MR) is 132 cm³/mol. The Kier molecular flexibility index (Phi) is 4.87. The van der Waals surface area contributed by atoms with Crippen LogP contribution < -0.4 is 0 Å². The van der Waals surface area contributed by atoms with E-state index in [2.05, 4.69) is 61.5 Å². The summed E-state index contributed by atoms with van der Waals surface area (Å²) in [6.45, 7) is 19.6. The molecular weight excluding hydrogens is 392 g/mol. The van der Waals surface area contributed by atoms with Gasteiger partial charge in [-0.25, -0.2) is 0 Å². The van der Waals surface area contributed by atoms with E-state index in [0.717, 1.165) is 19.3 Å². The fourth-order valence-corrected chi connectivity index (χ4v) is 10.7. The molecular formula is C30H50O2. The van der Waals surface area contributed by atoms with Gasteiger partial charge in [0.25, 0.3) is 0 Å². The molecule has 0 aliphatic heterocycles. The Bertz CT molecular complexity index is 825. The molecule has 0 aromatic carbocycles. The molecule has 32 heavy (non-hydrogen) atoms. The van der Waals surface area contributed by atoms with Gasteiger partial charge >= 0.3 is 0 Å². The predicted octanol–water partition coefficient (Wildman–Crippen LogP) is 7.14. The molecule has 2 nitrogen and oxygen atoms in total. The van der Waals surface area contributed by atoms with Crippen molar-refractivity contribution in [3.63, 3.8) is 0 Å². The number of fused-ring (bicyclic) bond motifs is 7. The van der Waals surface area contributed by atoms with Gasteiger partial charge < -0.3 is 10.2 Å². The highest BCUT2D eigenvalue weighted by atomic mass is 16.3. The summed E-state index contributed by atoms with van der Waals surface area (Å²) < 4.78 is 0. The number of aliphatic hydroxyl groups excluding tert-OH is 2. The van der Waals surface area contributed by atoms with Gasteiger partial charge in [0.15, 0.2) is 0 Å². The number of aliphatic hydroxyl groups is 2. The highest BCUT2D eigenvalue weighted by Gasteiger charge is 2.70. The maximum absolute atomic E-state index is 12.0. The Hall–Kier alpha value is -0.340. The standard InChI is InChI=1S/C30H50O2/c1-25(2)13-14-27(5)15-16-29(7)19(20(27)18-25)17-21(31)24-28(6)11-10-23(32)26(3,4)22(28)9-12-30(24,29)8/h18-19,21-24,31-32H,9-17H2,1-8H3/t19-,21+,22+,23-,24-,27+,28-,29+,30+/m0/s1. The van der Waals surface area contributed by atoms with Crippen LogP contribution >= 0.6 is 0 Å². The van der Waals surface area contributed by atoms with Crippen LogP contribution in [0.2, 0.25) is 0 Å². The summed E-state index contributed by atoms with van der Waals surface area (Å²) in [6.07, 6.45) is 12.7. The van der Waals surface area contributed by atoms with Crippen LogP contribution in [0.1, 0.15) is 113 Å². The van der Waals surface area contributed by atoms with Gasteiger partial charge in [0.2, 0.25) is 0 Å². The average Bonchev–Trinajstić information content (AvgIpc) is 2.68. The highest BCUT2D eigenvalue weighted by Crippen LogP contribution is 2.76. The summed E-state index contributed by atoms with van der Waals surface area (Å²) in [6, 6.07) is 0. The summed E-state index contributed by atoms with van der Waals surface area (Å²) in [5.74, 6) is 1.34. The number of rotatable bonds is 0. The summed E-state index contributed by atoms with van der Waals surface area (Å²) in [4.78, 5) is 0. The molecule has 182 valence electrons. The SMILES string of the molecule is CC1(C)C=C2[C@@H]3C[C@@H](O)[C@H]4[C@@]5(C)CC[C@H](O)C(C)(C)[C@H]5CC[C@@]4(C)[C@]3(C)CC[C@@]2(C)CC1. The Morgan fingerprint density at radius 1 is 0.750 bits per heavy atom. The monoisotopic (exact) mass is 442 g/mol. The molecule has 2 N–H and O–H groups in total. The minimum absolute atomic E-state index is 0.0626. The zero-order valence-electron chi connectivity index (χ0n) is 22.2. The summed E-state index contributed by atoms with van der Waals surface area (Å²) in [5.41, 5.74) is 2.78. The van der Waals surface area contributed by atoms with Gasteiger partial charge in [-0.1, -0.05) is 67.0 Å². The van der Waals surface area contributed by atoms with Crippen LogP contribution in [0.15, 0.2) is 11.6 Å². The highest BCUT2D eigenvalue weighted by molar-refractivity contribution is 5.32. The molecule has 5 rings (SSSR count). The third-order valence-electron chi connectivity index (χ3n) is 12.9. The van der Waals surface area contributed by atoms with Crippen LogP contribution in [-0.2, 0) is 0 Å². The van der Waals surface area contributed by atoms with Gasteiger partial charge in [0.1, 0.15) is 0 Å². The molecule has 2 heteroatoms. The molecule has 0 aromatic heterocycles. The maximum Gasteiger partial charge on any atom is 0.0594 e. The van der Waals surface area contributed by atoms with Crippen molar-refractivity contribution in [3.8, 4) is 0 Å². The third kappa shape index (κ3) is 2.78. The van der Waals surface area contributed by atoms with Crippen molar-refractivity contribution in [1.29, 1.82) is 0 Å². The first-order chi connectivity index (χ1) is 14.6. The fraction of sp³-hybridized carbons (Fsp3) is 0.933. The van der Waals surface area contributed by atoms with E-state index in [9.17, 15) is 10.2 Å². The van der Waals surface area contributed by atoms with Crippen LogP contribution in [0, 0.1) is 50.2 Å². The Morgan fingerprint density at radius 3 is 2.09 bits per heavy atom. The van der Waals surface area contributed by atoms with Crippen LogP contribution in [0.25, 0.3) is 0 Å². The van der Waals surface area contributed by atoms with Gasteiger partial charge in [-0.2, -0.15) is 0 Å². The molecule has 0 heterocycles. The molecule has 5 aliphatic rings. The molecule has 0 radical (unpaired) electrons. The van der Waals surface area contributed by atoms with E-state index < -0.39 is 0 Å². The van der Waals surface area contributed by atoms with Crippen LogP contribution in [0.3, 0.4) is 0 Å². The molecule has 4 fully saturated rings. The van der Waals surface area contributed by atoms with Crippen LogP contribution in [-0.4, -0.2) is 22.4 Å². The summed E-state index contributed by atoms with van der Waals surface area (Å²) >= 11 is 0. The second-order valence-corrected chi connectivity index (χ2v) is 15.3. The Morgan fingerprint density at radius 2 is 1.41 bits per heavy atom. The van der Waals surface area contributed by atoms with Gasteiger partial charge in [-0.05, 0) is 108 Å². The molecule has 0 unspecified atom stereocenters. The van der Waals surface area contributed by atoms with Crippen molar-refractivity contribution in [2.75, 3.05) is 0 Å². The largest absolute Gasteiger partial charge is 0.393 e. The van der Waals surface area contributed by atoms with Gasteiger partial charge in [-0.15, -0.1) is 0 Å². The molecule has 5 aliphatic carbocycles. The normalized spacial score (nSPS) is 56.2. The van der Waals surface area contributed by atoms with E-state index in [1.165, 1.54) is 38.5 Å². The fourth-order valence-electron chi connectivity index (χ4n) is 10.7. The van der Waals surface area contributed by atoms with Crippen molar-refractivity contribution in [2.24, 2.45) is 50.2 Å². The van der Waals surface area contributed by atoms with Crippen molar-refractivity contribution < 1.29 is 10.2 Å². The lowest BCUT2D eigenvalue weighted by molar-refractivity contribution is -0.259. The molecule has 0 aromatic rings. The number of allylic oxidation sites excluding steroid dienone is 2. The molecule has 4 saturated carbocycles. The lowest BCUT2D eigenvalue weighted by Gasteiger charge is -2.73. The first kappa shape index (κ1) is 23.4. The molecule has 0 saturated heterocycles. The molecule has 9 atom stereocenters. The Labute approximate surface area is 197 Å². The van der Waals surface area contributed by atoms with Crippen LogP contribution in [0.4, 0.5) is 0 Å². The quantitative estimate of drug-likeness (QED) is 0.391. The summed E-state index contributed by atoms with van der Waals surface area (Å²) in [7, 11) is 0.